The van der Waals surface area contributed by atoms with Gasteiger partial charge in [0.25, 0.3) is 10.0 Å². The minimum absolute atomic E-state index is 0.110. The predicted octanol–water partition coefficient (Wildman–Crippen LogP) is 1.68. The van der Waals surface area contributed by atoms with E-state index in [4.69, 9.17) is 0 Å². The lowest BCUT2D eigenvalue weighted by Gasteiger charge is -2.13. The van der Waals surface area contributed by atoms with E-state index >= 15 is 0 Å². The molecule has 1 N–H and O–H groups in total. The molecule has 0 bridgehead atoms. The zero-order chi connectivity index (χ0) is 16.3. The Bertz CT molecular complexity index is 733. The molecule has 0 saturated carbocycles. The van der Waals surface area contributed by atoms with E-state index in [-0.39, 0.29) is 16.2 Å². The molecular weight excluding hydrogens is 322 g/mol. The fraction of sp³-hybridized carbons (Fsp3) is 0.357. The van der Waals surface area contributed by atoms with Gasteiger partial charge < -0.3 is 9.88 Å². The normalized spacial score (nSPS) is 13.3. The Hall–Kier alpha value is -1.64. The summed E-state index contributed by atoms with van der Waals surface area (Å²) in [6, 6.07) is 6.71. The molecule has 8 heteroatoms. The van der Waals surface area contributed by atoms with Gasteiger partial charge in [-0.1, -0.05) is 0 Å². The third-order valence-corrected chi connectivity index (χ3v) is 6.63. The first-order valence-corrected chi connectivity index (χ1v) is 8.99. The molecule has 2 aromatic rings. The maximum absolute atomic E-state index is 12.1. The van der Waals surface area contributed by atoms with Crippen LogP contribution in [0.4, 0.5) is 0 Å². The summed E-state index contributed by atoms with van der Waals surface area (Å²) >= 11 is 1.17. The molecule has 0 fully saturated rings. The zero-order valence-electron chi connectivity index (χ0n) is 12.7. The van der Waals surface area contributed by atoms with E-state index in [9.17, 15) is 13.2 Å². The van der Waals surface area contributed by atoms with Gasteiger partial charge in [-0.15, -0.1) is 11.3 Å². The minimum Gasteiger partial charge on any atom is -0.349 e. The fourth-order valence-corrected chi connectivity index (χ4v) is 4.30. The number of hydrogen-bond donors (Lipinski definition) is 1. The Morgan fingerprint density at radius 1 is 1.32 bits per heavy atom. The van der Waals surface area contributed by atoms with Crippen molar-refractivity contribution in [2.75, 3.05) is 14.1 Å². The quantitative estimate of drug-likeness (QED) is 0.869. The number of hydrogen-bond acceptors (Lipinski definition) is 4. The van der Waals surface area contributed by atoms with Crippen LogP contribution in [0.15, 0.2) is 40.9 Å². The molecule has 22 heavy (non-hydrogen) atoms. The molecule has 1 atom stereocenters. The van der Waals surface area contributed by atoms with Crippen LogP contribution in [0.1, 0.15) is 17.8 Å². The van der Waals surface area contributed by atoms with Crippen LogP contribution in [0.2, 0.25) is 0 Å². The maximum Gasteiger partial charge on any atom is 0.252 e. The highest BCUT2D eigenvalue weighted by Gasteiger charge is 2.20. The van der Waals surface area contributed by atoms with Crippen LogP contribution in [0.5, 0.6) is 0 Å². The van der Waals surface area contributed by atoms with E-state index in [1.165, 1.54) is 29.7 Å². The number of carbonyl (C=O) groups excluding carboxylic acids is 1. The van der Waals surface area contributed by atoms with Gasteiger partial charge in [0.15, 0.2) is 0 Å². The van der Waals surface area contributed by atoms with Gasteiger partial charge in [0.2, 0.25) is 5.91 Å². The smallest absolute Gasteiger partial charge is 0.252 e. The molecular formula is C14H19N3O3S2. The second-order valence-corrected chi connectivity index (χ2v) is 8.58. The Kier molecular flexibility index (Phi) is 5.05. The van der Waals surface area contributed by atoms with Crippen LogP contribution >= 0.6 is 11.3 Å². The van der Waals surface area contributed by atoms with Gasteiger partial charge in [-0.2, -0.15) is 0 Å². The number of aromatic nitrogens is 1. The first kappa shape index (κ1) is 16.7. The van der Waals surface area contributed by atoms with Crippen LogP contribution in [0, 0.1) is 0 Å². The van der Waals surface area contributed by atoms with E-state index in [1.807, 2.05) is 36.0 Å². The summed E-state index contributed by atoms with van der Waals surface area (Å²) in [5, 5.41) is 2.82. The number of carbonyl (C=O) groups is 1. The molecule has 0 aliphatic carbocycles. The van der Waals surface area contributed by atoms with Crippen molar-refractivity contribution in [3.05, 3.63) is 41.5 Å². The van der Waals surface area contributed by atoms with Crippen molar-refractivity contribution in [3.63, 3.8) is 0 Å². The lowest BCUT2D eigenvalue weighted by Crippen LogP contribution is -2.29. The highest BCUT2D eigenvalue weighted by atomic mass is 32.2. The molecule has 0 aromatic carbocycles. The Morgan fingerprint density at radius 2 is 1.95 bits per heavy atom. The van der Waals surface area contributed by atoms with Gasteiger partial charge in [-0.25, -0.2) is 12.7 Å². The molecule has 0 aliphatic heterocycles. The van der Waals surface area contributed by atoms with Crippen molar-refractivity contribution in [2.24, 2.45) is 0 Å². The number of sulfonamides is 1. The van der Waals surface area contributed by atoms with E-state index < -0.39 is 10.0 Å². The Balaban J connectivity index is 1.98. The van der Waals surface area contributed by atoms with Gasteiger partial charge in [-0.3, -0.25) is 4.79 Å². The average molecular weight is 341 g/mol. The van der Waals surface area contributed by atoms with Crippen molar-refractivity contribution in [3.8, 4) is 0 Å². The lowest BCUT2D eigenvalue weighted by molar-refractivity contribution is -0.124. The van der Waals surface area contributed by atoms with Crippen LogP contribution in [-0.4, -0.2) is 37.3 Å². The Labute approximate surface area is 134 Å². The molecule has 0 spiro atoms. The molecule has 0 radical (unpaired) electrons. The summed E-state index contributed by atoms with van der Waals surface area (Å²) in [5.74, 6) is -0.110. The van der Waals surface area contributed by atoms with Crippen LogP contribution in [0.3, 0.4) is 0 Å². The second kappa shape index (κ2) is 6.64. The first-order valence-electron chi connectivity index (χ1n) is 6.74. The van der Waals surface area contributed by atoms with Crippen LogP contribution in [-0.2, 0) is 21.4 Å². The number of amides is 1. The van der Waals surface area contributed by atoms with E-state index in [1.54, 1.807) is 12.1 Å². The monoisotopic (exact) mass is 341 g/mol. The van der Waals surface area contributed by atoms with Gasteiger partial charge in [0.05, 0.1) is 6.54 Å². The zero-order valence-corrected chi connectivity index (χ0v) is 14.3. The molecule has 6 nitrogen and oxygen atoms in total. The molecule has 120 valence electrons. The molecule has 1 unspecified atom stereocenters. The molecule has 2 aromatic heterocycles. The average Bonchev–Trinajstić information content (AvgIpc) is 3.14. The third kappa shape index (κ3) is 3.57. The fourth-order valence-electron chi connectivity index (χ4n) is 1.84. The third-order valence-electron chi connectivity index (χ3n) is 3.26. The predicted molar refractivity (Wildman–Crippen MR) is 86.2 cm³/mol. The summed E-state index contributed by atoms with van der Waals surface area (Å²) in [4.78, 5) is 12.9. The van der Waals surface area contributed by atoms with Crippen molar-refractivity contribution in [1.29, 1.82) is 0 Å². The standard InChI is InChI=1S/C14H19N3O3S2/c1-11(17-8-4-5-9-17)14(18)15-10-12-6-7-13(21-12)22(19,20)16(2)3/h4-9,11H,10H2,1-3H3,(H,15,18). The van der Waals surface area contributed by atoms with E-state index in [0.29, 0.717) is 6.54 Å². The van der Waals surface area contributed by atoms with E-state index in [0.717, 1.165) is 4.88 Å². The minimum atomic E-state index is -3.41. The Morgan fingerprint density at radius 3 is 2.55 bits per heavy atom. The van der Waals surface area contributed by atoms with E-state index in [2.05, 4.69) is 5.32 Å². The van der Waals surface area contributed by atoms with Gasteiger partial charge in [-0.05, 0) is 31.2 Å². The van der Waals surface area contributed by atoms with Crippen molar-refractivity contribution in [1.82, 2.24) is 14.2 Å². The topological polar surface area (TPSA) is 71.4 Å². The molecule has 0 saturated heterocycles. The van der Waals surface area contributed by atoms with Crippen molar-refractivity contribution < 1.29 is 13.2 Å². The number of thiophene rings is 1. The van der Waals surface area contributed by atoms with Crippen LogP contribution in [0.25, 0.3) is 0 Å². The largest absolute Gasteiger partial charge is 0.349 e. The number of rotatable bonds is 6. The lowest BCUT2D eigenvalue weighted by atomic mass is 10.3. The summed E-state index contributed by atoms with van der Waals surface area (Å²) < 4.78 is 27.3. The van der Waals surface area contributed by atoms with Crippen molar-refractivity contribution >= 4 is 27.3 Å². The second-order valence-electron chi connectivity index (χ2n) is 5.03. The van der Waals surface area contributed by atoms with Crippen LogP contribution < -0.4 is 5.32 Å². The maximum atomic E-state index is 12.1. The SMILES string of the molecule is CC(C(=O)NCc1ccc(S(=O)(=O)N(C)C)s1)n1cccc1. The summed E-state index contributed by atoms with van der Waals surface area (Å²) in [6.45, 7) is 2.13. The molecule has 2 heterocycles. The summed E-state index contributed by atoms with van der Waals surface area (Å²) in [6.07, 6.45) is 3.66. The molecule has 1 amide bonds. The molecule has 0 aliphatic rings. The highest BCUT2D eigenvalue weighted by molar-refractivity contribution is 7.91. The number of nitrogens with zero attached hydrogens (tertiary/aromatic N) is 2. The van der Waals surface area contributed by atoms with Gasteiger partial charge in [0, 0.05) is 31.4 Å². The number of nitrogens with one attached hydrogen (secondary N) is 1. The van der Waals surface area contributed by atoms with Gasteiger partial charge in [0.1, 0.15) is 10.3 Å². The van der Waals surface area contributed by atoms with Crippen molar-refractivity contribution in [2.45, 2.75) is 23.7 Å². The first-order chi connectivity index (χ1) is 10.3. The summed E-state index contributed by atoms with van der Waals surface area (Å²) in [7, 11) is -0.421. The summed E-state index contributed by atoms with van der Waals surface area (Å²) in [5.41, 5.74) is 0. The molecule has 2 rings (SSSR count). The van der Waals surface area contributed by atoms with Gasteiger partial charge >= 0.3 is 0 Å². The highest BCUT2D eigenvalue weighted by Crippen LogP contribution is 2.23.